The fourth-order valence-electron chi connectivity index (χ4n) is 5.63. The van der Waals surface area contributed by atoms with Crippen molar-refractivity contribution in [3.05, 3.63) is 11.6 Å². The molecule has 124 valence electrons. The maximum Gasteiger partial charge on any atom is 0.164 e. The molecule has 4 aliphatic rings. The fraction of sp³-hybridized carbons (Fsp3) is 0.889. The van der Waals surface area contributed by atoms with Crippen molar-refractivity contribution in [1.82, 2.24) is 0 Å². The van der Waals surface area contributed by atoms with Crippen LogP contribution in [0.5, 0.6) is 0 Å². The van der Waals surface area contributed by atoms with Gasteiger partial charge in [0.2, 0.25) is 0 Å². The summed E-state index contributed by atoms with van der Waals surface area (Å²) in [6.45, 7) is 9.16. The van der Waals surface area contributed by atoms with Crippen LogP contribution in [-0.2, 0) is 14.2 Å². The highest BCUT2D eigenvalue weighted by molar-refractivity contribution is 5.24. The zero-order valence-corrected chi connectivity index (χ0v) is 14.0. The second-order valence-electron chi connectivity index (χ2n) is 8.18. The van der Waals surface area contributed by atoms with Crippen molar-refractivity contribution in [3.63, 3.8) is 0 Å². The zero-order valence-electron chi connectivity index (χ0n) is 14.0. The first kappa shape index (κ1) is 15.1. The maximum atomic E-state index is 10.0. The second kappa shape index (κ2) is 4.79. The summed E-state index contributed by atoms with van der Waals surface area (Å²) in [7, 11) is 0. The van der Waals surface area contributed by atoms with Crippen LogP contribution in [0, 0.1) is 23.7 Å². The lowest BCUT2D eigenvalue weighted by atomic mass is 9.53. The predicted molar refractivity (Wildman–Crippen MR) is 82.2 cm³/mol. The van der Waals surface area contributed by atoms with Crippen molar-refractivity contribution in [2.75, 3.05) is 13.2 Å². The second-order valence-corrected chi connectivity index (χ2v) is 8.18. The van der Waals surface area contributed by atoms with E-state index in [9.17, 15) is 5.11 Å². The quantitative estimate of drug-likeness (QED) is 0.756. The smallest absolute Gasteiger partial charge is 0.164 e. The van der Waals surface area contributed by atoms with E-state index in [0.717, 1.165) is 12.8 Å². The Kier molecular flexibility index (Phi) is 3.29. The van der Waals surface area contributed by atoms with E-state index in [1.165, 1.54) is 5.57 Å². The van der Waals surface area contributed by atoms with Gasteiger partial charge in [-0.2, -0.15) is 0 Å². The lowest BCUT2D eigenvalue weighted by molar-refractivity contribution is -0.258. The summed E-state index contributed by atoms with van der Waals surface area (Å²) in [5.74, 6) is 0.856. The van der Waals surface area contributed by atoms with Gasteiger partial charge in [0.15, 0.2) is 5.79 Å². The van der Waals surface area contributed by atoms with Gasteiger partial charge in [0.1, 0.15) is 5.60 Å². The minimum absolute atomic E-state index is 0.00132. The van der Waals surface area contributed by atoms with Gasteiger partial charge in [-0.05, 0) is 51.0 Å². The number of hydrogen-bond acceptors (Lipinski definition) is 4. The van der Waals surface area contributed by atoms with Crippen molar-refractivity contribution in [1.29, 1.82) is 0 Å². The minimum atomic E-state index is -0.580. The van der Waals surface area contributed by atoms with E-state index in [-0.39, 0.29) is 24.7 Å². The van der Waals surface area contributed by atoms with Crippen LogP contribution in [0.25, 0.3) is 0 Å². The molecule has 4 rings (SSSR count). The third-order valence-electron chi connectivity index (χ3n) is 6.47. The number of hydrogen-bond donors (Lipinski definition) is 1. The van der Waals surface area contributed by atoms with Gasteiger partial charge < -0.3 is 19.3 Å². The standard InChI is InChI=1S/C18H28O4/c1-10-5-6-13-11(2)7-14-18(22-17(3,4)21-14)12(8-19)9-20-16(10)15(13)18/h5,11-16,19H,6-9H2,1-4H3/t11-,12+,13+,14-,15+,16-,18-/m1/s1. The van der Waals surface area contributed by atoms with Gasteiger partial charge in [0.25, 0.3) is 0 Å². The molecule has 2 saturated heterocycles. The Morgan fingerprint density at radius 3 is 2.86 bits per heavy atom. The molecule has 2 aliphatic carbocycles. The van der Waals surface area contributed by atoms with E-state index in [1.807, 2.05) is 13.8 Å². The monoisotopic (exact) mass is 308 g/mol. The van der Waals surface area contributed by atoms with Crippen molar-refractivity contribution >= 4 is 0 Å². The number of aliphatic hydroxyl groups is 1. The molecule has 0 amide bonds. The third kappa shape index (κ3) is 1.84. The van der Waals surface area contributed by atoms with Crippen LogP contribution >= 0.6 is 0 Å². The Labute approximate surface area is 132 Å². The molecule has 3 fully saturated rings. The van der Waals surface area contributed by atoms with E-state index in [4.69, 9.17) is 14.2 Å². The number of ether oxygens (including phenoxy) is 3. The third-order valence-corrected chi connectivity index (χ3v) is 6.47. The average Bonchev–Trinajstić information content (AvgIpc) is 2.72. The van der Waals surface area contributed by atoms with E-state index < -0.39 is 11.4 Å². The van der Waals surface area contributed by atoms with Crippen LogP contribution in [0.1, 0.15) is 40.5 Å². The topological polar surface area (TPSA) is 47.9 Å². The van der Waals surface area contributed by atoms with Crippen LogP contribution in [0.2, 0.25) is 0 Å². The number of allylic oxidation sites excluding steroid dienone is 1. The first-order valence-electron chi connectivity index (χ1n) is 8.66. The van der Waals surface area contributed by atoms with Gasteiger partial charge in [0.05, 0.1) is 25.4 Å². The molecular weight excluding hydrogens is 280 g/mol. The van der Waals surface area contributed by atoms with Gasteiger partial charge in [-0.1, -0.05) is 13.0 Å². The molecule has 1 spiro atoms. The summed E-state index contributed by atoms with van der Waals surface area (Å²) in [5.41, 5.74) is 0.923. The molecule has 4 heteroatoms. The molecule has 7 atom stereocenters. The molecule has 0 aromatic carbocycles. The molecule has 0 radical (unpaired) electrons. The molecule has 0 aromatic heterocycles. The van der Waals surface area contributed by atoms with Gasteiger partial charge in [-0.15, -0.1) is 0 Å². The normalized spacial score (nSPS) is 52.7. The summed E-state index contributed by atoms with van der Waals surface area (Å²) in [5, 5.41) is 10.0. The van der Waals surface area contributed by atoms with Gasteiger partial charge in [0, 0.05) is 11.8 Å². The van der Waals surface area contributed by atoms with Gasteiger partial charge in [-0.3, -0.25) is 0 Å². The van der Waals surface area contributed by atoms with Crippen LogP contribution in [0.4, 0.5) is 0 Å². The van der Waals surface area contributed by atoms with E-state index in [2.05, 4.69) is 19.9 Å². The lowest BCUT2D eigenvalue weighted by Gasteiger charge is -2.59. The molecule has 0 bridgehead atoms. The fourth-order valence-corrected chi connectivity index (χ4v) is 5.63. The molecule has 2 aliphatic heterocycles. The summed E-state index contributed by atoms with van der Waals surface area (Å²) < 4.78 is 19.1. The summed E-state index contributed by atoms with van der Waals surface area (Å²) in [6, 6.07) is 0. The highest BCUT2D eigenvalue weighted by Crippen LogP contribution is 2.60. The van der Waals surface area contributed by atoms with E-state index in [0.29, 0.717) is 24.4 Å². The summed E-state index contributed by atoms with van der Waals surface area (Å²) in [6.07, 6.45) is 4.63. The van der Waals surface area contributed by atoms with Gasteiger partial charge >= 0.3 is 0 Å². The van der Waals surface area contributed by atoms with Crippen molar-refractivity contribution in [2.24, 2.45) is 23.7 Å². The van der Waals surface area contributed by atoms with Gasteiger partial charge in [-0.25, -0.2) is 0 Å². The summed E-state index contributed by atoms with van der Waals surface area (Å²) >= 11 is 0. The number of aliphatic hydroxyl groups excluding tert-OH is 1. The molecule has 2 heterocycles. The molecule has 1 N–H and O–H groups in total. The SMILES string of the molecule is CC1=CC[C@@H]2[C@H]3[C@@H]1OC[C@H](CO)[C@]31OC(C)(C)O[C@@H]1C[C@H]2C. The van der Waals surface area contributed by atoms with E-state index >= 15 is 0 Å². The minimum Gasteiger partial charge on any atom is -0.396 e. The van der Waals surface area contributed by atoms with Crippen molar-refractivity contribution < 1.29 is 19.3 Å². The van der Waals surface area contributed by atoms with Crippen LogP contribution < -0.4 is 0 Å². The average molecular weight is 308 g/mol. The Balaban J connectivity index is 1.85. The Hall–Kier alpha value is -0.420. The molecule has 22 heavy (non-hydrogen) atoms. The predicted octanol–water partition coefficient (Wildman–Crippen LogP) is 2.51. The molecular formula is C18H28O4. The van der Waals surface area contributed by atoms with Crippen molar-refractivity contribution in [2.45, 2.75) is 64.1 Å². The summed E-state index contributed by atoms with van der Waals surface area (Å²) in [4.78, 5) is 0. The van der Waals surface area contributed by atoms with Crippen molar-refractivity contribution in [3.8, 4) is 0 Å². The Morgan fingerprint density at radius 2 is 2.14 bits per heavy atom. The highest BCUT2D eigenvalue weighted by atomic mass is 16.8. The lowest BCUT2D eigenvalue weighted by Crippen LogP contribution is -2.68. The maximum absolute atomic E-state index is 10.0. The van der Waals surface area contributed by atoms with Crippen LogP contribution in [0.15, 0.2) is 11.6 Å². The molecule has 0 unspecified atom stereocenters. The highest BCUT2D eigenvalue weighted by Gasteiger charge is 2.69. The molecule has 0 aromatic rings. The largest absolute Gasteiger partial charge is 0.396 e. The Morgan fingerprint density at radius 1 is 1.36 bits per heavy atom. The van der Waals surface area contributed by atoms with E-state index in [1.54, 1.807) is 0 Å². The molecule has 1 saturated carbocycles. The number of rotatable bonds is 1. The molecule has 4 nitrogen and oxygen atoms in total. The zero-order chi connectivity index (χ0) is 15.7. The first-order chi connectivity index (χ1) is 10.4. The Bertz CT molecular complexity index is 499. The van der Waals surface area contributed by atoms with Crippen LogP contribution in [-0.4, -0.2) is 41.9 Å². The first-order valence-corrected chi connectivity index (χ1v) is 8.66. The van der Waals surface area contributed by atoms with Crippen LogP contribution in [0.3, 0.4) is 0 Å².